The number of hydrogen-bond acceptors (Lipinski definition) is 4. The second kappa shape index (κ2) is 3.99. The lowest BCUT2D eigenvalue weighted by molar-refractivity contribution is 0.0673. The summed E-state index contributed by atoms with van der Waals surface area (Å²) in [5.74, 6) is 0. The van der Waals surface area contributed by atoms with Crippen molar-refractivity contribution < 1.29 is 4.74 Å². The number of ether oxygens (including phenoxy) is 1. The summed E-state index contributed by atoms with van der Waals surface area (Å²) in [4.78, 5) is 8.17. The van der Waals surface area contributed by atoms with Crippen LogP contribution < -0.4 is 0 Å². The van der Waals surface area contributed by atoms with Crippen LogP contribution in [0.1, 0.15) is 18.9 Å². The first-order chi connectivity index (χ1) is 7.84. The van der Waals surface area contributed by atoms with Gasteiger partial charge in [0.15, 0.2) is 5.65 Å². The highest BCUT2D eigenvalue weighted by atomic mass is 35.5. The second-order valence-electron chi connectivity index (χ2n) is 3.85. The maximum Gasteiger partial charge on any atom is 0.224 e. The fourth-order valence-electron chi connectivity index (χ4n) is 2.01. The minimum atomic E-state index is 0.265. The summed E-state index contributed by atoms with van der Waals surface area (Å²) in [6.07, 6.45) is 5.42. The predicted octanol–water partition coefficient (Wildman–Crippen LogP) is 1.83. The molecule has 5 nitrogen and oxygen atoms in total. The molecule has 3 heterocycles. The molecule has 0 atom stereocenters. The lowest BCUT2D eigenvalue weighted by Gasteiger charge is -2.22. The van der Waals surface area contributed by atoms with Crippen molar-refractivity contribution in [1.29, 1.82) is 0 Å². The van der Waals surface area contributed by atoms with Gasteiger partial charge in [-0.25, -0.2) is 9.67 Å². The Morgan fingerprint density at radius 3 is 2.94 bits per heavy atom. The largest absolute Gasteiger partial charge is 0.381 e. The summed E-state index contributed by atoms with van der Waals surface area (Å²) in [6, 6.07) is 0.359. The predicted molar refractivity (Wildman–Crippen MR) is 59.4 cm³/mol. The molecule has 16 heavy (non-hydrogen) atoms. The molecule has 0 radical (unpaired) electrons. The van der Waals surface area contributed by atoms with E-state index in [0.29, 0.717) is 6.04 Å². The van der Waals surface area contributed by atoms with Gasteiger partial charge in [0.25, 0.3) is 0 Å². The van der Waals surface area contributed by atoms with E-state index in [1.54, 1.807) is 12.4 Å². The van der Waals surface area contributed by atoms with E-state index in [-0.39, 0.29) is 5.28 Å². The van der Waals surface area contributed by atoms with Crippen molar-refractivity contribution in [1.82, 2.24) is 19.7 Å². The van der Waals surface area contributed by atoms with Crippen molar-refractivity contribution >= 4 is 22.6 Å². The molecule has 1 fully saturated rings. The van der Waals surface area contributed by atoms with E-state index in [1.165, 1.54) is 0 Å². The summed E-state index contributed by atoms with van der Waals surface area (Å²) < 4.78 is 7.27. The molecular formula is C10H11ClN4O. The van der Waals surface area contributed by atoms with Gasteiger partial charge in [-0.15, -0.1) is 0 Å². The SMILES string of the molecule is Clc1ncc2cnn(C3CCOCC3)c2n1. The summed E-state index contributed by atoms with van der Waals surface area (Å²) in [5.41, 5.74) is 0.812. The van der Waals surface area contributed by atoms with Crippen LogP contribution in [-0.2, 0) is 4.74 Å². The average molecular weight is 239 g/mol. The van der Waals surface area contributed by atoms with Gasteiger partial charge >= 0.3 is 0 Å². The number of fused-ring (bicyclic) bond motifs is 1. The van der Waals surface area contributed by atoms with Gasteiger partial charge in [0, 0.05) is 19.4 Å². The molecule has 1 aliphatic rings. The minimum Gasteiger partial charge on any atom is -0.381 e. The van der Waals surface area contributed by atoms with Crippen LogP contribution in [0.4, 0.5) is 0 Å². The Morgan fingerprint density at radius 2 is 2.12 bits per heavy atom. The van der Waals surface area contributed by atoms with Crippen molar-refractivity contribution in [3.63, 3.8) is 0 Å². The lowest BCUT2D eigenvalue weighted by Crippen LogP contribution is -2.20. The van der Waals surface area contributed by atoms with Crippen LogP contribution in [-0.4, -0.2) is 33.0 Å². The monoisotopic (exact) mass is 238 g/mol. The number of nitrogens with zero attached hydrogens (tertiary/aromatic N) is 4. The first kappa shape index (κ1) is 9.99. The molecule has 0 saturated carbocycles. The third kappa shape index (κ3) is 1.66. The Labute approximate surface area is 97.4 Å². The van der Waals surface area contributed by atoms with Crippen molar-refractivity contribution in [2.75, 3.05) is 13.2 Å². The molecule has 6 heteroatoms. The molecular weight excluding hydrogens is 228 g/mol. The van der Waals surface area contributed by atoms with Gasteiger partial charge in [-0.05, 0) is 24.4 Å². The average Bonchev–Trinajstić information content (AvgIpc) is 2.73. The molecule has 84 valence electrons. The summed E-state index contributed by atoms with van der Waals surface area (Å²) in [6.45, 7) is 1.57. The fraction of sp³-hybridized carbons (Fsp3) is 0.500. The first-order valence-corrected chi connectivity index (χ1v) is 5.66. The maximum absolute atomic E-state index is 5.80. The van der Waals surface area contributed by atoms with Crippen LogP contribution in [0.15, 0.2) is 12.4 Å². The summed E-state index contributed by atoms with van der Waals surface area (Å²) >= 11 is 5.80. The summed E-state index contributed by atoms with van der Waals surface area (Å²) in [5, 5.41) is 5.55. The molecule has 0 aliphatic carbocycles. The van der Waals surface area contributed by atoms with E-state index in [4.69, 9.17) is 16.3 Å². The van der Waals surface area contributed by atoms with Gasteiger partial charge < -0.3 is 4.74 Å². The van der Waals surface area contributed by atoms with Crippen molar-refractivity contribution in [3.8, 4) is 0 Å². The van der Waals surface area contributed by atoms with E-state index >= 15 is 0 Å². The maximum atomic E-state index is 5.80. The fourth-order valence-corrected chi connectivity index (χ4v) is 2.14. The van der Waals surface area contributed by atoms with Gasteiger partial charge in [0.1, 0.15) is 0 Å². The second-order valence-corrected chi connectivity index (χ2v) is 4.19. The molecule has 0 N–H and O–H groups in total. The Kier molecular flexibility index (Phi) is 2.49. The topological polar surface area (TPSA) is 52.8 Å². The van der Waals surface area contributed by atoms with Crippen LogP contribution in [0.3, 0.4) is 0 Å². The highest BCUT2D eigenvalue weighted by Gasteiger charge is 2.19. The molecule has 1 aliphatic heterocycles. The highest BCUT2D eigenvalue weighted by Crippen LogP contribution is 2.24. The van der Waals surface area contributed by atoms with E-state index in [1.807, 2.05) is 4.68 Å². The zero-order valence-electron chi connectivity index (χ0n) is 8.64. The zero-order valence-corrected chi connectivity index (χ0v) is 9.39. The van der Waals surface area contributed by atoms with E-state index in [2.05, 4.69) is 15.1 Å². The molecule has 0 bridgehead atoms. The number of halogens is 1. The minimum absolute atomic E-state index is 0.265. The standard InChI is InChI=1S/C10H11ClN4O/c11-10-12-5-7-6-13-15(9(7)14-10)8-1-3-16-4-2-8/h5-6,8H,1-4H2. The molecule has 1 saturated heterocycles. The van der Waals surface area contributed by atoms with Crippen LogP contribution in [0.25, 0.3) is 11.0 Å². The van der Waals surface area contributed by atoms with E-state index < -0.39 is 0 Å². The van der Waals surface area contributed by atoms with Gasteiger partial charge in [-0.2, -0.15) is 10.1 Å². The Bertz CT molecular complexity index is 506. The normalized spacial score (nSPS) is 18.1. The lowest BCUT2D eigenvalue weighted by atomic mass is 10.1. The number of aromatic nitrogens is 4. The molecule has 3 rings (SSSR count). The molecule has 0 spiro atoms. The van der Waals surface area contributed by atoms with Gasteiger partial charge in [0.05, 0.1) is 17.6 Å². The Hall–Kier alpha value is -1.20. The van der Waals surface area contributed by atoms with Crippen molar-refractivity contribution in [3.05, 3.63) is 17.7 Å². The Morgan fingerprint density at radius 1 is 1.31 bits per heavy atom. The third-order valence-electron chi connectivity index (χ3n) is 2.84. The van der Waals surface area contributed by atoms with Crippen LogP contribution >= 0.6 is 11.6 Å². The van der Waals surface area contributed by atoms with Crippen LogP contribution in [0.5, 0.6) is 0 Å². The first-order valence-electron chi connectivity index (χ1n) is 5.28. The number of hydrogen-bond donors (Lipinski definition) is 0. The van der Waals surface area contributed by atoms with Crippen LogP contribution in [0, 0.1) is 0 Å². The smallest absolute Gasteiger partial charge is 0.224 e. The van der Waals surface area contributed by atoms with Gasteiger partial charge in [-0.1, -0.05) is 0 Å². The number of rotatable bonds is 1. The third-order valence-corrected chi connectivity index (χ3v) is 3.02. The Balaban J connectivity index is 2.05. The van der Waals surface area contributed by atoms with Crippen molar-refractivity contribution in [2.24, 2.45) is 0 Å². The molecule has 2 aromatic heterocycles. The molecule has 0 amide bonds. The van der Waals surface area contributed by atoms with Crippen molar-refractivity contribution in [2.45, 2.75) is 18.9 Å². The highest BCUT2D eigenvalue weighted by molar-refractivity contribution is 6.28. The quantitative estimate of drug-likeness (QED) is 0.712. The molecule has 0 unspecified atom stereocenters. The van der Waals surface area contributed by atoms with E-state index in [0.717, 1.165) is 37.1 Å². The van der Waals surface area contributed by atoms with Crippen LogP contribution in [0.2, 0.25) is 5.28 Å². The molecule has 0 aromatic carbocycles. The van der Waals surface area contributed by atoms with E-state index in [9.17, 15) is 0 Å². The molecule has 2 aromatic rings. The zero-order chi connectivity index (χ0) is 11.0. The van der Waals surface area contributed by atoms with Gasteiger partial charge in [-0.3, -0.25) is 0 Å². The summed E-state index contributed by atoms with van der Waals surface area (Å²) in [7, 11) is 0. The van der Waals surface area contributed by atoms with Gasteiger partial charge in [0.2, 0.25) is 5.28 Å².